The Kier molecular flexibility index (Phi) is 5.91. The lowest BCUT2D eigenvalue weighted by atomic mass is 10.1. The first-order valence-electron chi connectivity index (χ1n) is 9.92. The van der Waals surface area contributed by atoms with Crippen molar-refractivity contribution in [2.75, 3.05) is 19.6 Å². The van der Waals surface area contributed by atoms with Crippen molar-refractivity contribution in [3.8, 4) is 5.69 Å². The van der Waals surface area contributed by atoms with E-state index >= 15 is 0 Å². The summed E-state index contributed by atoms with van der Waals surface area (Å²) >= 11 is 0. The average molecular weight is 399 g/mol. The third-order valence-electron chi connectivity index (χ3n) is 4.77. The maximum absolute atomic E-state index is 13.5. The van der Waals surface area contributed by atoms with Gasteiger partial charge in [-0.25, -0.2) is 4.79 Å². The molecule has 2 amide bonds. The number of aromatic nitrogens is 3. The molecule has 29 heavy (non-hydrogen) atoms. The molecule has 2 heterocycles. The normalized spacial score (nSPS) is 17.8. The molecule has 0 N–H and O–H groups in total. The molecular weight excluding hydrogens is 370 g/mol. The second kappa shape index (κ2) is 8.23. The highest BCUT2D eigenvalue weighted by atomic mass is 16.6. The molecule has 1 fully saturated rings. The van der Waals surface area contributed by atoms with E-state index in [0.717, 1.165) is 5.56 Å². The van der Waals surface area contributed by atoms with Crippen molar-refractivity contribution in [1.29, 1.82) is 0 Å². The Labute approximate surface area is 171 Å². The summed E-state index contributed by atoms with van der Waals surface area (Å²) in [6.45, 7) is 11.0. The Morgan fingerprint density at radius 3 is 2.48 bits per heavy atom. The smallest absolute Gasteiger partial charge is 0.410 e. The van der Waals surface area contributed by atoms with Gasteiger partial charge in [-0.3, -0.25) is 4.79 Å². The number of hydrogen-bond acceptors (Lipinski definition) is 5. The lowest BCUT2D eigenvalue weighted by Gasteiger charge is -2.30. The van der Waals surface area contributed by atoms with Crippen LogP contribution in [0.5, 0.6) is 0 Å². The van der Waals surface area contributed by atoms with Gasteiger partial charge in [0.25, 0.3) is 5.91 Å². The van der Waals surface area contributed by atoms with Crippen LogP contribution in [0.1, 0.15) is 50.0 Å². The Bertz CT molecular complexity index is 873. The predicted octanol–water partition coefficient (Wildman–Crippen LogP) is 3.05. The van der Waals surface area contributed by atoms with Gasteiger partial charge in [0.15, 0.2) is 0 Å². The van der Waals surface area contributed by atoms with E-state index in [-0.39, 0.29) is 18.0 Å². The molecule has 0 aliphatic carbocycles. The van der Waals surface area contributed by atoms with Gasteiger partial charge in [0, 0.05) is 25.7 Å². The lowest BCUT2D eigenvalue weighted by Crippen LogP contribution is -2.45. The number of nitrogens with zero attached hydrogens (tertiary/aromatic N) is 5. The first-order valence-corrected chi connectivity index (χ1v) is 9.92. The van der Waals surface area contributed by atoms with Crippen molar-refractivity contribution in [1.82, 2.24) is 24.8 Å². The molecule has 1 unspecified atom stereocenters. The summed E-state index contributed by atoms with van der Waals surface area (Å²) in [4.78, 5) is 30.9. The summed E-state index contributed by atoms with van der Waals surface area (Å²) in [5.74, 6) is -0.0838. The standard InChI is InChI=1S/C21H29N5O3/c1-15-7-8-18(26-22-9-10-23-26)17(13-15)19(27)25-12-6-11-24(14-16(25)2)20(28)29-21(3,4)5/h7-10,13,16H,6,11-12,14H2,1-5H3. The molecule has 0 bridgehead atoms. The topological polar surface area (TPSA) is 80.6 Å². The van der Waals surface area contributed by atoms with Crippen LogP contribution < -0.4 is 0 Å². The summed E-state index contributed by atoms with van der Waals surface area (Å²) in [5.41, 5.74) is 1.64. The molecule has 0 saturated carbocycles. The molecule has 0 radical (unpaired) electrons. The summed E-state index contributed by atoms with van der Waals surface area (Å²) in [6, 6.07) is 5.52. The van der Waals surface area contributed by atoms with Gasteiger partial charge >= 0.3 is 6.09 Å². The highest BCUT2D eigenvalue weighted by Crippen LogP contribution is 2.21. The van der Waals surface area contributed by atoms with Gasteiger partial charge in [0.05, 0.1) is 23.6 Å². The Balaban J connectivity index is 1.82. The fourth-order valence-electron chi connectivity index (χ4n) is 3.45. The number of benzene rings is 1. The fourth-order valence-corrected chi connectivity index (χ4v) is 3.45. The van der Waals surface area contributed by atoms with Crippen molar-refractivity contribution in [2.45, 2.75) is 52.7 Å². The molecule has 2 aromatic rings. The van der Waals surface area contributed by atoms with Crippen molar-refractivity contribution in [3.05, 3.63) is 41.7 Å². The number of carbonyl (C=O) groups excluding carboxylic acids is 2. The monoisotopic (exact) mass is 399 g/mol. The fraction of sp³-hybridized carbons (Fsp3) is 0.524. The average Bonchev–Trinajstić information content (AvgIpc) is 3.09. The van der Waals surface area contributed by atoms with E-state index in [1.54, 1.807) is 17.3 Å². The third-order valence-corrected chi connectivity index (χ3v) is 4.77. The van der Waals surface area contributed by atoms with Gasteiger partial charge in [-0.15, -0.1) is 0 Å². The first-order chi connectivity index (χ1) is 13.7. The van der Waals surface area contributed by atoms with E-state index in [4.69, 9.17) is 4.74 Å². The van der Waals surface area contributed by atoms with Crippen LogP contribution in [0, 0.1) is 6.92 Å². The number of carbonyl (C=O) groups is 2. The van der Waals surface area contributed by atoms with Gasteiger partial charge in [-0.05, 0) is 53.2 Å². The highest BCUT2D eigenvalue weighted by molar-refractivity contribution is 5.98. The van der Waals surface area contributed by atoms with Crippen LogP contribution in [0.15, 0.2) is 30.6 Å². The summed E-state index contributed by atoms with van der Waals surface area (Å²) in [7, 11) is 0. The van der Waals surface area contributed by atoms with Crippen LogP contribution in [0.3, 0.4) is 0 Å². The van der Waals surface area contributed by atoms with Crippen molar-refractivity contribution in [3.63, 3.8) is 0 Å². The number of aryl methyl sites for hydroxylation is 1. The van der Waals surface area contributed by atoms with E-state index in [1.165, 1.54) is 4.80 Å². The minimum atomic E-state index is -0.546. The maximum atomic E-state index is 13.5. The van der Waals surface area contributed by atoms with E-state index in [2.05, 4.69) is 10.2 Å². The maximum Gasteiger partial charge on any atom is 0.410 e. The second-order valence-electron chi connectivity index (χ2n) is 8.47. The molecular formula is C21H29N5O3. The molecule has 0 spiro atoms. The molecule has 1 aliphatic heterocycles. The largest absolute Gasteiger partial charge is 0.444 e. The van der Waals surface area contributed by atoms with E-state index in [9.17, 15) is 9.59 Å². The molecule has 1 atom stereocenters. The summed E-state index contributed by atoms with van der Waals surface area (Å²) in [6.07, 6.45) is 3.52. The molecule has 3 rings (SSSR count). The Hall–Kier alpha value is -2.90. The zero-order valence-electron chi connectivity index (χ0n) is 17.8. The van der Waals surface area contributed by atoms with Gasteiger partial charge in [0.1, 0.15) is 5.60 Å². The SMILES string of the molecule is Cc1ccc(-n2nccn2)c(C(=O)N2CCCN(C(=O)OC(C)(C)C)CC2C)c1. The van der Waals surface area contributed by atoms with Gasteiger partial charge < -0.3 is 14.5 Å². The minimum absolute atomic E-state index is 0.0838. The highest BCUT2D eigenvalue weighted by Gasteiger charge is 2.31. The zero-order valence-corrected chi connectivity index (χ0v) is 17.8. The molecule has 1 saturated heterocycles. The molecule has 8 heteroatoms. The molecule has 8 nitrogen and oxygen atoms in total. The minimum Gasteiger partial charge on any atom is -0.444 e. The predicted molar refractivity (Wildman–Crippen MR) is 109 cm³/mol. The van der Waals surface area contributed by atoms with Crippen molar-refractivity contribution >= 4 is 12.0 Å². The summed E-state index contributed by atoms with van der Waals surface area (Å²) < 4.78 is 5.51. The van der Waals surface area contributed by atoms with Gasteiger partial charge in [0.2, 0.25) is 0 Å². The van der Waals surface area contributed by atoms with Gasteiger partial charge in [-0.1, -0.05) is 11.6 Å². The van der Waals surface area contributed by atoms with Gasteiger partial charge in [-0.2, -0.15) is 15.0 Å². The molecule has 156 valence electrons. The van der Waals surface area contributed by atoms with E-state index < -0.39 is 5.60 Å². The number of hydrogen-bond donors (Lipinski definition) is 0. The van der Waals surface area contributed by atoms with Crippen LogP contribution in [0.4, 0.5) is 4.79 Å². The van der Waals surface area contributed by atoms with Crippen LogP contribution in [0.25, 0.3) is 5.69 Å². The number of amides is 2. The second-order valence-corrected chi connectivity index (χ2v) is 8.47. The quantitative estimate of drug-likeness (QED) is 0.775. The number of ether oxygens (including phenoxy) is 1. The van der Waals surface area contributed by atoms with Crippen LogP contribution in [0.2, 0.25) is 0 Å². The molecule has 1 aromatic heterocycles. The van der Waals surface area contributed by atoms with Crippen LogP contribution >= 0.6 is 0 Å². The third kappa shape index (κ3) is 4.93. The first kappa shape index (κ1) is 20.8. The summed E-state index contributed by atoms with van der Waals surface area (Å²) in [5, 5.41) is 8.35. The van der Waals surface area contributed by atoms with Crippen molar-refractivity contribution in [2.24, 2.45) is 0 Å². The van der Waals surface area contributed by atoms with Crippen molar-refractivity contribution < 1.29 is 14.3 Å². The van der Waals surface area contributed by atoms with Crippen LogP contribution in [-0.2, 0) is 4.74 Å². The number of rotatable bonds is 2. The lowest BCUT2D eigenvalue weighted by molar-refractivity contribution is 0.0232. The zero-order chi connectivity index (χ0) is 21.2. The molecule has 1 aromatic carbocycles. The van der Waals surface area contributed by atoms with Crippen LogP contribution in [-0.4, -0.2) is 68.1 Å². The Morgan fingerprint density at radius 2 is 1.83 bits per heavy atom. The Morgan fingerprint density at radius 1 is 1.14 bits per heavy atom. The van der Waals surface area contributed by atoms with E-state index in [0.29, 0.717) is 37.3 Å². The molecule has 1 aliphatic rings. The van der Waals surface area contributed by atoms with E-state index in [1.807, 2.05) is 57.7 Å².